The fourth-order valence-electron chi connectivity index (χ4n) is 3.18. The van der Waals surface area contributed by atoms with Gasteiger partial charge in [0.05, 0.1) is 5.69 Å². The van der Waals surface area contributed by atoms with Crippen molar-refractivity contribution in [3.63, 3.8) is 0 Å². The first-order valence-electron chi connectivity index (χ1n) is 8.10. The molecule has 0 amide bonds. The highest BCUT2D eigenvalue weighted by Crippen LogP contribution is 2.28. The van der Waals surface area contributed by atoms with Gasteiger partial charge >= 0.3 is 0 Å². The summed E-state index contributed by atoms with van der Waals surface area (Å²) in [5.74, 6) is 2.11. The number of nitrogens with zero attached hydrogens (tertiary/aromatic N) is 7. The molecule has 0 aliphatic carbocycles. The first kappa shape index (κ1) is 14.8. The SMILES string of the molecule is Cc1ccc2nnc(C3CCN(c4ccc(=O)n(C)n4)CC3)n2n1. The van der Waals surface area contributed by atoms with Crippen LogP contribution in [-0.2, 0) is 7.05 Å². The Labute approximate surface area is 138 Å². The maximum Gasteiger partial charge on any atom is 0.266 e. The smallest absolute Gasteiger partial charge is 0.266 e. The molecular formula is C16H19N7O. The second-order valence-corrected chi connectivity index (χ2v) is 6.22. The molecule has 1 fully saturated rings. The molecule has 1 aliphatic heterocycles. The summed E-state index contributed by atoms with van der Waals surface area (Å²) in [5, 5.41) is 17.4. The van der Waals surface area contributed by atoms with Crippen LogP contribution in [0.3, 0.4) is 0 Å². The molecule has 0 aromatic carbocycles. The number of fused-ring (bicyclic) bond motifs is 1. The zero-order valence-electron chi connectivity index (χ0n) is 13.8. The van der Waals surface area contributed by atoms with E-state index < -0.39 is 0 Å². The van der Waals surface area contributed by atoms with Crippen LogP contribution in [0.4, 0.5) is 5.82 Å². The van der Waals surface area contributed by atoms with Crippen molar-refractivity contribution in [2.75, 3.05) is 18.0 Å². The maximum absolute atomic E-state index is 11.5. The minimum absolute atomic E-state index is 0.0926. The molecule has 0 unspecified atom stereocenters. The summed E-state index contributed by atoms with van der Waals surface area (Å²) in [7, 11) is 1.68. The highest BCUT2D eigenvalue weighted by atomic mass is 16.1. The van der Waals surface area contributed by atoms with E-state index in [1.54, 1.807) is 19.2 Å². The molecule has 24 heavy (non-hydrogen) atoms. The molecule has 4 heterocycles. The Balaban J connectivity index is 1.54. The van der Waals surface area contributed by atoms with Gasteiger partial charge < -0.3 is 4.90 Å². The van der Waals surface area contributed by atoms with E-state index in [0.29, 0.717) is 5.92 Å². The summed E-state index contributed by atoms with van der Waals surface area (Å²) in [4.78, 5) is 13.7. The van der Waals surface area contributed by atoms with E-state index in [0.717, 1.165) is 48.9 Å². The molecule has 4 rings (SSSR count). The average molecular weight is 325 g/mol. The maximum atomic E-state index is 11.5. The molecule has 0 bridgehead atoms. The Hall–Kier alpha value is -2.77. The van der Waals surface area contributed by atoms with Crippen LogP contribution >= 0.6 is 0 Å². The molecule has 1 saturated heterocycles. The zero-order valence-corrected chi connectivity index (χ0v) is 13.8. The first-order chi connectivity index (χ1) is 11.6. The van der Waals surface area contributed by atoms with Gasteiger partial charge in [0.2, 0.25) is 0 Å². The van der Waals surface area contributed by atoms with Gasteiger partial charge in [-0.15, -0.1) is 10.2 Å². The van der Waals surface area contributed by atoms with Gasteiger partial charge in [0.1, 0.15) is 5.82 Å². The molecule has 3 aromatic heterocycles. The molecule has 0 N–H and O–H groups in total. The van der Waals surface area contributed by atoms with Gasteiger partial charge in [-0.1, -0.05) is 0 Å². The van der Waals surface area contributed by atoms with Crippen LogP contribution in [0.25, 0.3) is 5.65 Å². The Bertz CT molecular complexity index is 937. The van der Waals surface area contributed by atoms with Crippen LogP contribution in [0.1, 0.15) is 30.3 Å². The number of anilines is 1. The molecule has 124 valence electrons. The van der Waals surface area contributed by atoms with E-state index in [1.807, 2.05) is 23.6 Å². The fourth-order valence-corrected chi connectivity index (χ4v) is 3.18. The molecule has 0 spiro atoms. The molecular weight excluding hydrogens is 306 g/mol. The number of aromatic nitrogens is 6. The minimum Gasteiger partial charge on any atom is -0.355 e. The van der Waals surface area contributed by atoms with Crippen molar-refractivity contribution in [1.29, 1.82) is 0 Å². The summed E-state index contributed by atoms with van der Waals surface area (Å²) < 4.78 is 3.24. The van der Waals surface area contributed by atoms with Gasteiger partial charge in [-0.25, -0.2) is 4.68 Å². The van der Waals surface area contributed by atoms with E-state index in [1.165, 1.54) is 4.68 Å². The molecule has 0 radical (unpaired) electrons. The van der Waals surface area contributed by atoms with Gasteiger partial charge in [0, 0.05) is 32.1 Å². The quantitative estimate of drug-likeness (QED) is 0.697. The molecule has 3 aromatic rings. The predicted molar refractivity (Wildman–Crippen MR) is 89.2 cm³/mol. The van der Waals surface area contributed by atoms with E-state index in [2.05, 4.69) is 25.3 Å². The van der Waals surface area contributed by atoms with Crippen LogP contribution in [0.15, 0.2) is 29.1 Å². The second-order valence-electron chi connectivity index (χ2n) is 6.22. The van der Waals surface area contributed by atoms with Crippen molar-refractivity contribution in [2.24, 2.45) is 7.05 Å². The van der Waals surface area contributed by atoms with Crippen molar-refractivity contribution in [3.05, 3.63) is 46.1 Å². The monoisotopic (exact) mass is 325 g/mol. The summed E-state index contributed by atoms with van der Waals surface area (Å²) in [6, 6.07) is 7.25. The predicted octanol–water partition coefficient (Wildman–Crippen LogP) is 0.910. The summed E-state index contributed by atoms with van der Waals surface area (Å²) in [5.41, 5.74) is 1.65. The summed E-state index contributed by atoms with van der Waals surface area (Å²) >= 11 is 0. The van der Waals surface area contributed by atoms with Crippen LogP contribution in [0.5, 0.6) is 0 Å². The number of rotatable bonds is 2. The zero-order chi connectivity index (χ0) is 16.7. The van der Waals surface area contributed by atoms with E-state index >= 15 is 0 Å². The van der Waals surface area contributed by atoms with Crippen molar-refractivity contribution in [3.8, 4) is 0 Å². The molecule has 1 aliphatic rings. The molecule has 0 atom stereocenters. The largest absolute Gasteiger partial charge is 0.355 e. The highest BCUT2D eigenvalue weighted by Gasteiger charge is 2.25. The standard InChI is InChI=1S/C16H19N7O/c1-11-3-4-13-17-18-16(23(13)19-11)12-7-9-22(10-8-12)14-5-6-15(24)21(2)20-14/h3-6,12H,7-10H2,1-2H3. The first-order valence-corrected chi connectivity index (χ1v) is 8.10. The van der Waals surface area contributed by atoms with Gasteiger partial charge in [0.15, 0.2) is 11.5 Å². The number of hydrogen-bond donors (Lipinski definition) is 0. The van der Waals surface area contributed by atoms with Crippen molar-refractivity contribution in [2.45, 2.75) is 25.7 Å². The van der Waals surface area contributed by atoms with Crippen LogP contribution < -0.4 is 10.5 Å². The van der Waals surface area contributed by atoms with Gasteiger partial charge in [0.25, 0.3) is 5.56 Å². The normalized spacial score (nSPS) is 16.0. The summed E-state index contributed by atoms with van der Waals surface area (Å²) in [6.45, 7) is 3.71. The number of hydrogen-bond acceptors (Lipinski definition) is 6. The van der Waals surface area contributed by atoms with Crippen LogP contribution in [0, 0.1) is 6.92 Å². The highest BCUT2D eigenvalue weighted by molar-refractivity contribution is 5.39. The lowest BCUT2D eigenvalue weighted by Gasteiger charge is -2.31. The minimum atomic E-state index is -0.0926. The third-order valence-corrected chi connectivity index (χ3v) is 4.55. The van der Waals surface area contributed by atoms with Gasteiger partial charge in [-0.2, -0.15) is 14.7 Å². The third kappa shape index (κ3) is 2.53. The van der Waals surface area contributed by atoms with E-state index in [4.69, 9.17) is 0 Å². The lowest BCUT2D eigenvalue weighted by molar-refractivity contribution is 0.471. The molecule has 8 heteroatoms. The Kier molecular flexibility index (Phi) is 3.51. The van der Waals surface area contributed by atoms with Gasteiger partial charge in [-0.05, 0) is 38.0 Å². The molecule has 0 saturated carbocycles. The van der Waals surface area contributed by atoms with Crippen molar-refractivity contribution < 1.29 is 0 Å². The summed E-state index contributed by atoms with van der Waals surface area (Å²) in [6.07, 6.45) is 1.92. The number of piperidine rings is 1. The second kappa shape index (κ2) is 5.70. The van der Waals surface area contributed by atoms with Gasteiger partial charge in [-0.3, -0.25) is 4.79 Å². The average Bonchev–Trinajstić information content (AvgIpc) is 3.00. The molecule has 8 nitrogen and oxygen atoms in total. The topological polar surface area (TPSA) is 81.2 Å². The Morgan fingerprint density at radius 1 is 1.04 bits per heavy atom. The van der Waals surface area contributed by atoms with E-state index in [9.17, 15) is 4.79 Å². The third-order valence-electron chi connectivity index (χ3n) is 4.55. The lowest BCUT2D eigenvalue weighted by atomic mass is 9.96. The Morgan fingerprint density at radius 2 is 1.83 bits per heavy atom. The number of aryl methyl sites for hydroxylation is 2. The van der Waals surface area contributed by atoms with Crippen molar-refractivity contribution >= 4 is 11.5 Å². The van der Waals surface area contributed by atoms with E-state index in [-0.39, 0.29) is 5.56 Å². The fraction of sp³-hybridized carbons (Fsp3) is 0.438. The van der Waals surface area contributed by atoms with Crippen LogP contribution in [0.2, 0.25) is 0 Å². The van der Waals surface area contributed by atoms with Crippen LogP contribution in [-0.4, -0.2) is 42.7 Å². The van der Waals surface area contributed by atoms with Crippen molar-refractivity contribution in [1.82, 2.24) is 29.6 Å². The lowest BCUT2D eigenvalue weighted by Crippen LogP contribution is -2.35. The Morgan fingerprint density at radius 3 is 2.58 bits per heavy atom.